The summed E-state index contributed by atoms with van der Waals surface area (Å²) >= 11 is 0. The van der Waals surface area contributed by atoms with Crippen molar-refractivity contribution in [3.8, 4) is 0 Å². The molecule has 5 heterocycles. The average molecular weight is 1600 g/mol. The Bertz CT molecular complexity index is 3710. The van der Waals surface area contributed by atoms with Crippen molar-refractivity contribution in [2.24, 2.45) is 0 Å². The molecule has 2 fully saturated rings. The Labute approximate surface area is 646 Å². The van der Waals surface area contributed by atoms with Crippen molar-refractivity contribution in [1.29, 1.82) is 0 Å². The van der Waals surface area contributed by atoms with E-state index in [1.54, 1.807) is 35.4 Å². The highest BCUT2D eigenvalue weighted by Gasteiger charge is 2.29. The number of amides is 8. The van der Waals surface area contributed by atoms with E-state index >= 15 is 0 Å². The molecule has 0 radical (unpaired) electrons. The van der Waals surface area contributed by atoms with Crippen LogP contribution in [-0.2, 0) is 91.6 Å². The van der Waals surface area contributed by atoms with E-state index in [1.165, 1.54) is 12.1 Å². The van der Waals surface area contributed by atoms with E-state index in [0.717, 1.165) is 12.6 Å². The number of hydrogen-bond donors (Lipinski definition) is 16. The van der Waals surface area contributed by atoms with Gasteiger partial charge in [0.05, 0.1) is 56.1 Å². The summed E-state index contributed by atoms with van der Waals surface area (Å²) in [5.74, 6) is -12.6. The number of nitrogens with one attached hydrogen (secondary N) is 8. The van der Waals surface area contributed by atoms with Gasteiger partial charge in [0.1, 0.15) is 29.5 Å². The number of aromatic nitrogens is 3. The molecule has 2 aliphatic rings. The smallest absolute Gasteiger partial charge is 0.373 e. The van der Waals surface area contributed by atoms with E-state index in [9.17, 15) is 103 Å². The summed E-state index contributed by atoms with van der Waals surface area (Å²) in [7, 11) is 1.93. The van der Waals surface area contributed by atoms with Crippen molar-refractivity contribution >= 4 is 102 Å². The number of carboxylic acid groups (broad SMARTS) is 8. The second-order valence-electron chi connectivity index (χ2n) is 25.2. The van der Waals surface area contributed by atoms with Gasteiger partial charge >= 0.3 is 72.1 Å². The molecular weight excluding hydrogens is 1500 g/mol. The number of rotatable bonds is 38. The first-order valence-corrected chi connectivity index (χ1v) is 35.0. The Hall–Kier alpha value is -12.2. The lowest BCUT2D eigenvalue weighted by molar-refractivity contribution is -0.193. The number of carbonyl (C=O) groups is 15. The van der Waals surface area contributed by atoms with Gasteiger partial charge in [0.2, 0.25) is 23.6 Å². The zero-order chi connectivity index (χ0) is 84.4. The van der Waals surface area contributed by atoms with E-state index in [-0.39, 0.29) is 101 Å². The lowest BCUT2D eigenvalue weighted by Gasteiger charge is -2.32. The van der Waals surface area contributed by atoms with Gasteiger partial charge in [0.25, 0.3) is 0 Å². The van der Waals surface area contributed by atoms with Crippen molar-refractivity contribution in [3.05, 3.63) is 89.3 Å². The molecule has 0 aromatic carbocycles. The molecule has 5 rings (SSSR count). The molecule has 0 bridgehead atoms. The Morgan fingerprint density at radius 1 is 0.381 bits per heavy atom. The molecule has 2 aliphatic heterocycles. The molecule has 620 valence electrons. The standard InChI is InChI=1S/C33H51N9O12.C33H45N9O11.2CO2/c1-22(43)24(7-9-29(46)47)37-33(54)38-26(32(52)53)6-8-27(44)34-21-35-28(45)19-41-13-11-39(2)10-12-40(14-16-42(17-15-41)20-30(48)49)18-23-4-3-5-25(36-23)31(50)51;43-27(9-7-25(31(49)50)38-33(53)39-26(32(51)52)8-10-29(45)46)35-21-36-28(44)20-42-16-14-40(18-22-4-1-2-11-34-22)12-13-41(15-17-42)19-23-5-3-6-24(37-23)30(47)48;2*2-1-3/h3-5,24,26H,6-21H2,1-2H3,(H,34,44)(H,35,45)(H,46,47)(H,48,49)(H,50,51)(H,52,53)(H2,37,38,54);1-6,11,25-26H,7-10,12-21H2,(H,35,43)(H,36,44)(H,45,46)(H,47,48)(H,49,50)(H,51,52)(H2,38,39,53);;/t24-,26-;25-,26-;;/m00../s1. The summed E-state index contributed by atoms with van der Waals surface area (Å²) < 4.78 is 0. The number of Topliss-reactive ketones (excluding diaryl/α,β-unsaturated/α-hetero) is 1. The minimum Gasteiger partial charge on any atom is -0.481 e. The van der Waals surface area contributed by atoms with Gasteiger partial charge in [-0.3, -0.25) is 72.7 Å². The Morgan fingerprint density at radius 3 is 1.03 bits per heavy atom. The fourth-order valence-electron chi connectivity index (χ4n) is 10.6. The minimum atomic E-state index is -1.57. The number of ketones is 1. The fourth-order valence-corrected chi connectivity index (χ4v) is 10.6. The average Bonchev–Trinajstić information content (AvgIpc) is 1.86. The molecule has 113 heavy (non-hydrogen) atoms. The number of carboxylic acids is 8. The second kappa shape index (κ2) is 54.4. The molecule has 4 atom stereocenters. The maximum Gasteiger partial charge on any atom is 0.373 e. The van der Waals surface area contributed by atoms with Crippen molar-refractivity contribution in [3.63, 3.8) is 0 Å². The van der Waals surface area contributed by atoms with E-state index in [4.69, 9.17) is 29.4 Å². The molecule has 45 nitrogen and oxygen atoms in total. The normalized spacial score (nSPS) is 15.2. The van der Waals surface area contributed by atoms with Gasteiger partial charge < -0.3 is 88.3 Å². The van der Waals surface area contributed by atoms with Gasteiger partial charge in [0.15, 0.2) is 5.78 Å². The van der Waals surface area contributed by atoms with Crippen molar-refractivity contribution in [2.45, 2.75) is 102 Å². The molecule has 0 aliphatic carbocycles. The number of urea groups is 2. The van der Waals surface area contributed by atoms with Gasteiger partial charge in [-0.1, -0.05) is 18.2 Å². The van der Waals surface area contributed by atoms with E-state index < -0.39 is 120 Å². The van der Waals surface area contributed by atoms with Crippen LogP contribution in [0.3, 0.4) is 0 Å². The summed E-state index contributed by atoms with van der Waals surface area (Å²) in [6, 6.07) is 7.40. The van der Waals surface area contributed by atoms with Crippen LogP contribution in [0.4, 0.5) is 9.59 Å². The molecule has 3 aromatic rings. The third kappa shape index (κ3) is 44.3. The number of aromatic carboxylic acids is 2. The molecule has 0 unspecified atom stereocenters. The number of pyridine rings is 3. The topological polar surface area (TPSA) is 644 Å². The van der Waals surface area contributed by atoms with Crippen LogP contribution in [0.1, 0.15) is 96.3 Å². The third-order valence-corrected chi connectivity index (χ3v) is 16.6. The third-order valence-electron chi connectivity index (χ3n) is 16.6. The van der Waals surface area contributed by atoms with Crippen LogP contribution >= 0.6 is 0 Å². The van der Waals surface area contributed by atoms with Gasteiger partial charge in [0, 0.05) is 143 Å². The van der Waals surface area contributed by atoms with Gasteiger partial charge in [-0.25, -0.2) is 43.5 Å². The number of carbonyl (C=O) groups excluding carboxylic acids is 11. The molecule has 0 saturated carbocycles. The number of nitrogens with zero attached hydrogens (tertiary/aromatic N) is 10. The summed E-state index contributed by atoms with van der Waals surface area (Å²) in [6.45, 7) is 9.29. The van der Waals surface area contributed by atoms with Crippen LogP contribution < -0.4 is 42.5 Å². The molecule has 45 heteroatoms. The maximum absolute atomic E-state index is 12.9. The van der Waals surface area contributed by atoms with Crippen molar-refractivity contribution in [2.75, 3.05) is 132 Å². The Balaban J connectivity index is 0.000000716. The Morgan fingerprint density at radius 2 is 0.690 bits per heavy atom. The number of likely N-dealkylation sites (N-methyl/N-ethyl adjacent to an activating group) is 1. The lowest BCUT2D eigenvalue weighted by Crippen LogP contribution is -2.51. The van der Waals surface area contributed by atoms with Gasteiger partial charge in [-0.15, -0.1) is 0 Å². The highest BCUT2D eigenvalue weighted by atomic mass is 16.4. The number of aliphatic carboxylic acids is 6. The fraction of sp³-hybridized carbons (Fsp3) is 0.529. The highest BCUT2D eigenvalue weighted by Crippen LogP contribution is 2.12. The number of hydrogen-bond acceptors (Lipinski definition) is 29. The van der Waals surface area contributed by atoms with Crippen molar-refractivity contribution < 1.29 is 132 Å². The van der Waals surface area contributed by atoms with Crippen molar-refractivity contribution in [1.82, 2.24) is 91.8 Å². The van der Waals surface area contributed by atoms with Crippen LogP contribution in [0.2, 0.25) is 0 Å². The summed E-state index contributed by atoms with van der Waals surface area (Å²) in [6.07, 6.45) is -0.671. The van der Waals surface area contributed by atoms with Crippen LogP contribution in [0.25, 0.3) is 0 Å². The zero-order valence-electron chi connectivity index (χ0n) is 62.1. The predicted molar refractivity (Wildman–Crippen MR) is 384 cm³/mol. The summed E-state index contributed by atoms with van der Waals surface area (Å²) in [4.78, 5) is 237. The van der Waals surface area contributed by atoms with E-state index in [2.05, 4.69) is 71.8 Å². The van der Waals surface area contributed by atoms with Gasteiger partial charge in [-0.05, 0) is 76.1 Å². The van der Waals surface area contributed by atoms with Crippen LogP contribution in [-0.4, -0.2) is 347 Å². The van der Waals surface area contributed by atoms with Gasteiger partial charge in [-0.2, -0.15) is 19.2 Å². The molecule has 16 N–H and O–H groups in total. The lowest BCUT2D eigenvalue weighted by atomic mass is 10.1. The summed E-state index contributed by atoms with van der Waals surface area (Å²) in [5.41, 5.74) is 1.98. The van der Waals surface area contributed by atoms with Crippen LogP contribution in [0.15, 0.2) is 60.8 Å². The molecule has 8 amide bonds. The molecule has 3 aromatic heterocycles. The molecular formula is C68H96N18O27. The first-order valence-electron chi connectivity index (χ1n) is 35.0. The monoisotopic (exact) mass is 1600 g/mol. The second-order valence-corrected chi connectivity index (χ2v) is 25.2. The summed E-state index contributed by atoms with van der Waals surface area (Å²) in [5, 5.41) is 92.5. The van der Waals surface area contributed by atoms with Crippen LogP contribution in [0, 0.1) is 0 Å². The first-order chi connectivity index (χ1) is 53.6. The molecule has 0 spiro atoms. The first kappa shape index (κ1) is 96.9. The largest absolute Gasteiger partial charge is 0.481 e. The maximum atomic E-state index is 12.9. The highest BCUT2D eigenvalue weighted by molar-refractivity contribution is 5.90. The van der Waals surface area contributed by atoms with E-state index in [1.807, 2.05) is 40.4 Å². The van der Waals surface area contributed by atoms with E-state index in [0.29, 0.717) is 123 Å². The molecule has 2 saturated heterocycles. The van der Waals surface area contributed by atoms with Crippen LogP contribution in [0.5, 0.6) is 0 Å². The quantitative estimate of drug-likeness (QED) is 0.0240. The SMILES string of the molecule is CC(=O)[C@H](CCC(=O)O)NC(=O)N[C@@H](CCC(=O)NCNC(=O)CN1CCN(C)CCN(Cc2cccc(C(=O)O)n2)CCN(CC(=O)O)CC1)C(=O)O.O=C(O)CC[C@H](NC(=O)N[C@@H](CCC(=O)NCNC(=O)CN1CCN(Cc2ccccn2)CCN(Cc2cccc(C(=O)O)n2)CC1)C(=O)O)C(=O)O.O=C=O.O=C=O. The zero-order valence-corrected chi connectivity index (χ0v) is 62.1. The minimum absolute atomic E-state index is 0.0117. The predicted octanol–water partition coefficient (Wildman–Crippen LogP) is -4.57. The Kier molecular flexibility index (Phi) is 46.6.